The third-order valence-corrected chi connectivity index (χ3v) is 6.18. The smallest absolute Gasteiger partial charge is 0.334 e. The molecule has 4 aromatic rings. The molecule has 1 fully saturated rings. The normalized spacial score (nSPS) is 14.6. The highest BCUT2D eigenvalue weighted by Crippen LogP contribution is 2.25. The molecule has 0 N–H and O–H groups in total. The highest BCUT2D eigenvalue weighted by atomic mass is 35.5. The lowest BCUT2D eigenvalue weighted by molar-refractivity contribution is 0.122. The Morgan fingerprint density at radius 1 is 1.15 bits per heavy atom. The van der Waals surface area contributed by atoms with Crippen LogP contribution in [-0.4, -0.2) is 45.2 Å². The number of hydrogen-bond acceptors (Lipinski definition) is 5. The Morgan fingerprint density at radius 2 is 1.85 bits per heavy atom. The van der Waals surface area contributed by atoms with E-state index in [-0.39, 0.29) is 17.1 Å². The summed E-state index contributed by atoms with van der Waals surface area (Å²) in [6.45, 7) is 6.36. The first-order valence-corrected chi connectivity index (χ1v) is 11.6. The molecule has 3 aromatic heterocycles. The number of rotatable bonds is 5. The van der Waals surface area contributed by atoms with Gasteiger partial charge >= 0.3 is 5.69 Å². The summed E-state index contributed by atoms with van der Waals surface area (Å²) in [5.74, 6) is -1.28. The van der Waals surface area contributed by atoms with Crippen molar-refractivity contribution in [2.75, 3.05) is 31.2 Å². The maximum absolute atomic E-state index is 14.7. The van der Waals surface area contributed by atoms with Crippen molar-refractivity contribution in [2.45, 2.75) is 26.8 Å². The van der Waals surface area contributed by atoms with E-state index in [9.17, 15) is 13.6 Å². The molecule has 178 valence electrons. The lowest BCUT2D eigenvalue weighted by Gasteiger charge is -2.28. The van der Waals surface area contributed by atoms with Gasteiger partial charge in [0.1, 0.15) is 17.2 Å². The van der Waals surface area contributed by atoms with Crippen molar-refractivity contribution in [1.82, 2.24) is 18.9 Å². The van der Waals surface area contributed by atoms with Crippen LogP contribution < -0.4 is 10.6 Å². The summed E-state index contributed by atoms with van der Waals surface area (Å²) in [6.07, 6.45) is 4.11. The Labute approximate surface area is 199 Å². The van der Waals surface area contributed by atoms with Gasteiger partial charge in [-0.1, -0.05) is 25.4 Å². The second-order valence-electron chi connectivity index (χ2n) is 8.90. The van der Waals surface area contributed by atoms with Crippen LogP contribution in [0.3, 0.4) is 0 Å². The highest BCUT2D eigenvalue weighted by Gasteiger charge is 2.21. The van der Waals surface area contributed by atoms with Crippen LogP contribution >= 0.6 is 11.6 Å². The van der Waals surface area contributed by atoms with E-state index in [0.29, 0.717) is 55.3 Å². The first-order chi connectivity index (χ1) is 16.3. The van der Waals surface area contributed by atoms with Gasteiger partial charge in [0.15, 0.2) is 5.65 Å². The number of ether oxygens (including phenoxy) is 1. The first-order valence-electron chi connectivity index (χ1n) is 11.2. The van der Waals surface area contributed by atoms with Gasteiger partial charge in [-0.05, 0) is 30.5 Å². The van der Waals surface area contributed by atoms with Gasteiger partial charge in [-0.3, -0.25) is 4.57 Å². The van der Waals surface area contributed by atoms with E-state index < -0.39 is 17.3 Å². The van der Waals surface area contributed by atoms with Gasteiger partial charge in [-0.15, -0.1) is 0 Å². The highest BCUT2D eigenvalue weighted by molar-refractivity contribution is 6.30. The molecule has 1 aliphatic heterocycles. The molecule has 4 heterocycles. The van der Waals surface area contributed by atoms with Crippen LogP contribution in [0, 0.1) is 17.6 Å². The van der Waals surface area contributed by atoms with Crippen LogP contribution in [-0.2, 0) is 17.7 Å². The predicted molar refractivity (Wildman–Crippen MR) is 127 cm³/mol. The quantitative estimate of drug-likeness (QED) is 0.425. The van der Waals surface area contributed by atoms with Gasteiger partial charge in [-0.2, -0.15) is 0 Å². The van der Waals surface area contributed by atoms with E-state index in [0.717, 1.165) is 23.5 Å². The van der Waals surface area contributed by atoms with Crippen LogP contribution in [0.25, 0.3) is 16.7 Å². The minimum absolute atomic E-state index is 0.0457. The van der Waals surface area contributed by atoms with E-state index in [4.69, 9.17) is 16.3 Å². The Morgan fingerprint density at radius 3 is 2.53 bits per heavy atom. The summed E-state index contributed by atoms with van der Waals surface area (Å²) >= 11 is 5.79. The van der Waals surface area contributed by atoms with Crippen molar-refractivity contribution in [2.24, 2.45) is 5.92 Å². The van der Waals surface area contributed by atoms with Gasteiger partial charge in [0.25, 0.3) is 0 Å². The number of imidazole rings is 1. The molecule has 7 nitrogen and oxygen atoms in total. The fourth-order valence-corrected chi connectivity index (χ4v) is 4.53. The molecule has 0 atom stereocenters. The van der Waals surface area contributed by atoms with E-state index in [2.05, 4.69) is 28.7 Å². The van der Waals surface area contributed by atoms with Crippen molar-refractivity contribution in [3.63, 3.8) is 0 Å². The summed E-state index contributed by atoms with van der Waals surface area (Å²) in [5, 5.41) is -0.0457. The van der Waals surface area contributed by atoms with Gasteiger partial charge < -0.3 is 9.64 Å². The maximum Gasteiger partial charge on any atom is 0.334 e. The lowest BCUT2D eigenvalue weighted by Crippen LogP contribution is -2.36. The predicted octanol–water partition coefficient (Wildman–Crippen LogP) is 4.06. The van der Waals surface area contributed by atoms with Gasteiger partial charge in [-0.25, -0.2) is 27.9 Å². The molecular weight excluding hydrogens is 464 g/mol. The first kappa shape index (κ1) is 22.7. The average Bonchev–Trinajstić information content (AvgIpc) is 3.21. The van der Waals surface area contributed by atoms with Crippen molar-refractivity contribution in [3.05, 3.63) is 69.0 Å². The number of hydrogen-bond donors (Lipinski definition) is 0. The van der Waals surface area contributed by atoms with Crippen LogP contribution in [0.4, 0.5) is 14.5 Å². The van der Waals surface area contributed by atoms with Crippen LogP contribution in [0.5, 0.6) is 0 Å². The average molecular weight is 488 g/mol. The Balaban J connectivity index is 1.74. The summed E-state index contributed by atoms with van der Waals surface area (Å²) < 4.78 is 37.5. The zero-order chi connectivity index (χ0) is 24.0. The molecule has 1 aliphatic rings. The molecule has 0 radical (unpaired) electrons. The van der Waals surface area contributed by atoms with Crippen molar-refractivity contribution in [3.8, 4) is 0 Å². The second-order valence-corrected chi connectivity index (χ2v) is 9.34. The maximum atomic E-state index is 14.7. The van der Waals surface area contributed by atoms with Crippen molar-refractivity contribution in [1.29, 1.82) is 0 Å². The van der Waals surface area contributed by atoms with Crippen molar-refractivity contribution < 1.29 is 13.5 Å². The molecule has 5 rings (SSSR count). The molecule has 1 saturated heterocycles. The number of aromatic nitrogens is 4. The molecule has 0 unspecified atom stereocenters. The Bertz CT molecular complexity index is 1420. The molecule has 34 heavy (non-hydrogen) atoms. The zero-order valence-corrected chi connectivity index (χ0v) is 19.6. The molecular formula is C24H24ClF2N5O2. The topological polar surface area (TPSA) is 64.7 Å². The van der Waals surface area contributed by atoms with Crippen LogP contribution in [0.1, 0.15) is 25.1 Å². The molecule has 0 spiro atoms. The molecule has 10 heteroatoms. The number of halogens is 3. The minimum atomic E-state index is -0.812. The number of morpholine rings is 1. The lowest BCUT2D eigenvalue weighted by atomic mass is 10.1. The van der Waals surface area contributed by atoms with Gasteiger partial charge in [0, 0.05) is 29.9 Å². The minimum Gasteiger partial charge on any atom is -0.378 e. The van der Waals surface area contributed by atoms with Crippen LogP contribution in [0.15, 0.2) is 35.4 Å². The standard InChI is InChI=1S/C24H24ClF2N5O2/c1-14(2)7-16-12-32-23(29-16)22-21(10-17(11-28-22)30-3-5-34-6-4-30)31(24(32)33)13-18-19(26)8-15(25)9-20(18)27/h8-12,14H,3-7,13H2,1-2H3. The molecule has 0 amide bonds. The largest absolute Gasteiger partial charge is 0.378 e. The van der Waals surface area contributed by atoms with E-state index in [1.807, 2.05) is 6.07 Å². The fourth-order valence-electron chi connectivity index (χ4n) is 4.34. The molecule has 0 bridgehead atoms. The Kier molecular flexibility index (Phi) is 5.99. The SMILES string of the molecule is CC(C)Cc1cn2c(=O)n(Cc3c(F)cc(Cl)cc3F)c3cc(N4CCOCC4)cnc3c2n1. The summed E-state index contributed by atoms with van der Waals surface area (Å²) in [6, 6.07) is 3.92. The third-order valence-electron chi connectivity index (χ3n) is 5.96. The summed E-state index contributed by atoms with van der Waals surface area (Å²) in [4.78, 5) is 25.0. The summed E-state index contributed by atoms with van der Waals surface area (Å²) in [7, 11) is 0. The molecule has 0 aliphatic carbocycles. The van der Waals surface area contributed by atoms with E-state index in [1.54, 1.807) is 12.4 Å². The van der Waals surface area contributed by atoms with Crippen molar-refractivity contribution >= 4 is 34.0 Å². The number of benzene rings is 1. The Hall–Kier alpha value is -3.04. The monoisotopic (exact) mass is 487 g/mol. The number of fused-ring (bicyclic) bond motifs is 3. The van der Waals surface area contributed by atoms with E-state index >= 15 is 0 Å². The second kappa shape index (κ2) is 8.96. The number of pyridine rings is 1. The fraction of sp³-hybridized carbons (Fsp3) is 0.375. The van der Waals surface area contributed by atoms with Gasteiger partial charge in [0.2, 0.25) is 0 Å². The van der Waals surface area contributed by atoms with E-state index in [1.165, 1.54) is 8.97 Å². The van der Waals surface area contributed by atoms with Gasteiger partial charge in [0.05, 0.1) is 42.9 Å². The van der Waals surface area contributed by atoms with Crippen LogP contribution in [0.2, 0.25) is 5.02 Å². The third kappa shape index (κ3) is 4.14. The molecule has 1 aromatic carbocycles. The number of anilines is 1. The number of nitrogens with zero attached hydrogens (tertiary/aromatic N) is 5. The zero-order valence-electron chi connectivity index (χ0n) is 18.9. The molecule has 0 saturated carbocycles. The summed E-state index contributed by atoms with van der Waals surface area (Å²) in [5.41, 5.74) is 2.25.